The van der Waals surface area contributed by atoms with Crippen LogP contribution in [-0.4, -0.2) is 36.5 Å². The van der Waals surface area contributed by atoms with Crippen molar-refractivity contribution >= 4 is 26.5 Å². The lowest BCUT2D eigenvalue weighted by Gasteiger charge is -2.19. The summed E-state index contributed by atoms with van der Waals surface area (Å²) in [5, 5.41) is 12.9. The standard InChI is InChI=1S/C17H25FN4O2S2/c1-17(2,3)26(23,24)20-12-6-4-5-11-19-16-22-21-15(25-16)13-7-9-14(18)10-8-13/h7-10,20H,4-6,11-12H2,1-3H3,(H,19,22). The summed E-state index contributed by atoms with van der Waals surface area (Å²) in [6, 6.07) is 6.16. The second kappa shape index (κ2) is 8.88. The Morgan fingerprint density at radius 2 is 1.69 bits per heavy atom. The van der Waals surface area contributed by atoms with Crippen molar-refractivity contribution in [2.24, 2.45) is 0 Å². The van der Waals surface area contributed by atoms with Crippen LogP contribution >= 0.6 is 11.3 Å². The fraction of sp³-hybridized carbons (Fsp3) is 0.529. The van der Waals surface area contributed by atoms with Crippen LogP contribution in [-0.2, 0) is 10.0 Å². The third-order valence-corrected chi connectivity index (χ3v) is 6.87. The lowest BCUT2D eigenvalue weighted by atomic mass is 10.2. The number of nitrogens with one attached hydrogen (secondary N) is 2. The van der Waals surface area contributed by atoms with Crippen LogP contribution in [0, 0.1) is 5.82 Å². The van der Waals surface area contributed by atoms with E-state index in [2.05, 4.69) is 20.2 Å². The third kappa shape index (κ3) is 6.00. The predicted octanol–water partition coefficient (Wildman–Crippen LogP) is 3.64. The molecule has 6 nitrogen and oxygen atoms in total. The molecule has 1 aromatic heterocycles. The summed E-state index contributed by atoms with van der Waals surface area (Å²) in [6.45, 7) is 6.24. The number of nitrogens with zero attached hydrogens (tertiary/aromatic N) is 2. The van der Waals surface area contributed by atoms with Gasteiger partial charge in [0, 0.05) is 18.7 Å². The minimum Gasteiger partial charge on any atom is -0.360 e. The van der Waals surface area contributed by atoms with Crippen LogP contribution in [0.3, 0.4) is 0 Å². The normalized spacial score (nSPS) is 12.3. The minimum atomic E-state index is -3.27. The second-order valence-corrected chi connectivity index (χ2v) is 10.4. The summed E-state index contributed by atoms with van der Waals surface area (Å²) in [4.78, 5) is 0. The number of rotatable bonds is 9. The van der Waals surface area contributed by atoms with Gasteiger partial charge in [-0.3, -0.25) is 0 Å². The Labute approximate surface area is 158 Å². The van der Waals surface area contributed by atoms with Crippen molar-refractivity contribution in [1.29, 1.82) is 0 Å². The first-order valence-electron chi connectivity index (χ1n) is 8.51. The number of sulfonamides is 1. The quantitative estimate of drug-likeness (QED) is 0.628. The van der Waals surface area contributed by atoms with E-state index < -0.39 is 14.8 Å². The van der Waals surface area contributed by atoms with E-state index in [9.17, 15) is 12.8 Å². The van der Waals surface area contributed by atoms with Gasteiger partial charge in [-0.15, -0.1) is 10.2 Å². The zero-order valence-corrected chi connectivity index (χ0v) is 16.9. The molecule has 2 aromatic rings. The Balaban J connectivity index is 1.66. The molecule has 0 amide bonds. The predicted molar refractivity (Wildman–Crippen MR) is 104 cm³/mol. The number of anilines is 1. The topological polar surface area (TPSA) is 84.0 Å². The number of hydrogen-bond donors (Lipinski definition) is 2. The molecule has 0 atom stereocenters. The molecule has 0 aliphatic carbocycles. The number of benzene rings is 1. The van der Waals surface area contributed by atoms with Crippen LogP contribution in [0.25, 0.3) is 10.6 Å². The fourth-order valence-corrected chi connectivity index (χ4v) is 3.67. The molecular weight excluding hydrogens is 375 g/mol. The molecule has 144 valence electrons. The summed E-state index contributed by atoms with van der Waals surface area (Å²) in [5.74, 6) is -0.276. The zero-order valence-electron chi connectivity index (χ0n) is 15.3. The Morgan fingerprint density at radius 1 is 1.04 bits per heavy atom. The van der Waals surface area contributed by atoms with Gasteiger partial charge >= 0.3 is 0 Å². The van der Waals surface area contributed by atoms with E-state index in [1.165, 1.54) is 23.5 Å². The molecule has 0 bridgehead atoms. The Bertz CT molecular complexity index is 799. The van der Waals surface area contributed by atoms with Crippen molar-refractivity contribution < 1.29 is 12.8 Å². The van der Waals surface area contributed by atoms with Gasteiger partial charge in [0.15, 0.2) is 0 Å². The molecule has 0 aliphatic rings. The molecule has 0 fully saturated rings. The average Bonchev–Trinajstić information content (AvgIpc) is 3.02. The van der Waals surface area contributed by atoms with Gasteiger partial charge < -0.3 is 5.32 Å². The van der Waals surface area contributed by atoms with Crippen molar-refractivity contribution in [3.8, 4) is 10.6 Å². The van der Waals surface area contributed by atoms with Gasteiger partial charge in [0.05, 0.1) is 4.75 Å². The van der Waals surface area contributed by atoms with Gasteiger partial charge in [0.2, 0.25) is 15.2 Å². The van der Waals surface area contributed by atoms with E-state index >= 15 is 0 Å². The van der Waals surface area contributed by atoms with Crippen molar-refractivity contribution in [2.45, 2.75) is 44.8 Å². The van der Waals surface area contributed by atoms with Crippen LogP contribution in [0.2, 0.25) is 0 Å². The van der Waals surface area contributed by atoms with Gasteiger partial charge in [-0.05, 0) is 57.9 Å². The first-order valence-corrected chi connectivity index (χ1v) is 10.8. The molecule has 26 heavy (non-hydrogen) atoms. The van der Waals surface area contributed by atoms with E-state index in [4.69, 9.17) is 0 Å². The van der Waals surface area contributed by atoms with Gasteiger partial charge in [-0.25, -0.2) is 17.5 Å². The molecule has 0 aliphatic heterocycles. The number of aromatic nitrogens is 2. The summed E-state index contributed by atoms with van der Waals surface area (Å²) in [5.41, 5.74) is 0.836. The summed E-state index contributed by atoms with van der Waals surface area (Å²) in [6.07, 6.45) is 2.60. The largest absolute Gasteiger partial charge is 0.360 e. The number of unbranched alkanes of at least 4 members (excludes halogenated alkanes) is 2. The minimum absolute atomic E-state index is 0.276. The van der Waals surface area contributed by atoms with Crippen LogP contribution in [0.5, 0.6) is 0 Å². The van der Waals surface area contributed by atoms with Crippen molar-refractivity contribution in [3.63, 3.8) is 0 Å². The third-order valence-electron chi connectivity index (χ3n) is 3.74. The SMILES string of the molecule is CC(C)(C)S(=O)(=O)NCCCCCNc1nnc(-c2ccc(F)cc2)s1. The highest BCUT2D eigenvalue weighted by molar-refractivity contribution is 7.90. The highest BCUT2D eigenvalue weighted by atomic mass is 32.2. The molecular formula is C17H25FN4O2S2. The summed E-state index contributed by atoms with van der Waals surface area (Å²) in [7, 11) is -3.27. The molecule has 0 saturated carbocycles. The monoisotopic (exact) mass is 400 g/mol. The van der Waals surface area contributed by atoms with Gasteiger partial charge in [0.25, 0.3) is 0 Å². The van der Waals surface area contributed by atoms with Crippen molar-refractivity contribution in [2.75, 3.05) is 18.4 Å². The second-order valence-electron chi connectivity index (χ2n) is 6.92. The van der Waals surface area contributed by atoms with Crippen LogP contribution < -0.4 is 10.0 Å². The first kappa shape index (κ1) is 20.7. The fourth-order valence-electron chi connectivity index (χ4n) is 2.05. The summed E-state index contributed by atoms with van der Waals surface area (Å²) >= 11 is 1.42. The number of hydrogen-bond acceptors (Lipinski definition) is 6. The Hall–Kier alpha value is -1.58. The van der Waals surface area contributed by atoms with Gasteiger partial charge in [-0.1, -0.05) is 17.8 Å². The van der Waals surface area contributed by atoms with E-state index in [0.717, 1.165) is 41.5 Å². The van der Waals surface area contributed by atoms with Crippen LogP contribution in [0.15, 0.2) is 24.3 Å². The zero-order chi connectivity index (χ0) is 19.2. The van der Waals surface area contributed by atoms with Gasteiger partial charge in [0.1, 0.15) is 10.8 Å². The van der Waals surface area contributed by atoms with Crippen LogP contribution in [0.4, 0.5) is 9.52 Å². The molecule has 0 saturated heterocycles. The van der Waals surface area contributed by atoms with E-state index in [1.807, 2.05) is 0 Å². The van der Waals surface area contributed by atoms with E-state index in [0.29, 0.717) is 6.54 Å². The molecule has 1 aromatic carbocycles. The smallest absolute Gasteiger partial charge is 0.216 e. The highest BCUT2D eigenvalue weighted by Gasteiger charge is 2.27. The lowest BCUT2D eigenvalue weighted by Crippen LogP contribution is -2.39. The summed E-state index contributed by atoms with van der Waals surface area (Å²) < 4.78 is 38.6. The Kier molecular flexibility index (Phi) is 7.08. The Morgan fingerprint density at radius 3 is 2.35 bits per heavy atom. The molecule has 2 rings (SSSR count). The molecule has 0 unspecified atom stereocenters. The number of halogens is 1. The average molecular weight is 401 g/mol. The first-order chi connectivity index (χ1) is 12.2. The molecule has 0 radical (unpaired) electrons. The maximum atomic E-state index is 12.9. The maximum Gasteiger partial charge on any atom is 0.216 e. The highest BCUT2D eigenvalue weighted by Crippen LogP contribution is 2.26. The molecule has 2 N–H and O–H groups in total. The molecule has 1 heterocycles. The maximum absolute atomic E-state index is 12.9. The van der Waals surface area contributed by atoms with E-state index in [-0.39, 0.29) is 5.82 Å². The molecule has 0 spiro atoms. The van der Waals surface area contributed by atoms with Crippen molar-refractivity contribution in [3.05, 3.63) is 30.1 Å². The van der Waals surface area contributed by atoms with Crippen molar-refractivity contribution in [1.82, 2.24) is 14.9 Å². The van der Waals surface area contributed by atoms with E-state index in [1.54, 1.807) is 32.9 Å². The van der Waals surface area contributed by atoms with Gasteiger partial charge in [-0.2, -0.15) is 0 Å². The lowest BCUT2D eigenvalue weighted by molar-refractivity contribution is 0.540. The molecule has 9 heteroatoms. The van der Waals surface area contributed by atoms with Crippen LogP contribution in [0.1, 0.15) is 40.0 Å².